The highest BCUT2D eigenvalue weighted by Crippen LogP contribution is 2.43. The highest BCUT2D eigenvalue weighted by molar-refractivity contribution is 9.10. The molecule has 0 amide bonds. The van der Waals surface area contributed by atoms with E-state index in [0.717, 1.165) is 36.1 Å². The van der Waals surface area contributed by atoms with E-state index in [4.69, 9.17) is 0 Å². The molecular formula is C19H18BrNO. The summed E-state index contributed by atoms with van der Waals surface area (Å²) < 4.78 is 1.07. The van der Waals surface area contributed by atoms with Crippen molar-refractivity contribution in [3.63, 3.8) is 0 Å². The number of ketones is 1. The zero-order valence-electron chi connectivity index (χ0n) is 12.3. The van der Waals surface area contributed by atoms with Crippen molar-refractivity contribution in [1.29, 1.82) is 0 Å². The number of rotatable bonds is 2. The molecule has 112 valence electrons. The first-order chi connectivity index (χ1) is 10.7. The number of carbonyl (C=O) groups excluding carboxylic acids is 1. The summed E-state index contributed by atoms with van der Waals surface area (Å²) in [4.78, 5) is 15.1. The second-order valence-corrected chi connectivity index (χ2v) is 7.23. The second-order valence-electron chi connectivity index (χ2n) is 6.32. The summed E-state index contributed by atoms with van der Waals surface area (Å²) in [6.07, 6.45) is 0.975. The van der Waals surface area contributed by atoms with Gasteiger partial charge in [-0.15, -0.1) is 0 Å². The number of Topliss-reactive ketones (excluding diaryl/α,β-unsaturated/α-hetero) is 1. The van der Waals surface area contributed by atoms with Gasteiger partial charge in [0.1, 0.15) is 0 Å². The Morgan fingerprint density at radius 1 is 1.09 bits per heavy atom. The van der Waals surface area contributed by atoms with Crippen molar-refractivity contribution >= 4 is 21.7 Å². The summed E-state index contributed by atoms with van der Waals surface area (Å²) in [6, 6.07) is 16.7. The van der Waals surface area contributed by atoms with Gasteiger partial charge in [-0.2, -0.15) is 0 Å². The molecular weight excluding hydrogens is 338 g/mol. The van der Waals surface area contributed by atoms with Gasteiger partial charge in [-0.3, -0.25) is 9.69 Å². The lowest BCUT2D eigenvalue weighted by Gasteiger charge is -2.34. The number of halogens is 1. The quantitative estimate of drug-likeness (QED) is 0.802. The van der Waals surface area contributed by atoms with Crippen molar-refractivity contribution in [3.05, 3.63) is 69.7 Å². The number of carbonyl (C=O) groups is 1. The maximum Gasteiger partial charge on any atom is 0.166 e. The van der Waals surface area contributed by atoms with Gasteiger partial charge in [0.2, 0.25) is 0 Å². The van der Waals surface area contributed by atoms with E-state index in [0.29, 0.717) is 11.7 Å². The van der Waals surface area contributed by atoms with Gasteiger partial charge in [-0.1, -0.05) is 46.3 Å². The van der Waals surface area contributed by atoms with Gasteiger partial charge in [-0.05, 0) is 42.3 Å². The third-order valence-electron chi connectivity index (χ3n) is 4.96. The molecule has 2 aliphatic rings. The van der Waals surface area contributed by atoms with E-state index in [-0.39, 0.29) is 5.92 Å². The molecule has 2 aromatic carbocycles. The van der Waals surface area contributed by atoms with Crippen LogP contribution in [-0.4, -0.2) is 23.8 Å². The smallest absolute Gasteiger partial charge is 0.166 e. The third-order valence-corrected chi connectivity index (χ3v) is 5.45. The predicted octanol–water partition coefficient (Wildman–Crippen LogP) is 4.25. The molecule has 2 atom stereocenters. The van der Waals surface area contributed by atoms with Gasteiger partial charge >= 0.3 is 0 Å². The van der Waals surface area contributed by atoms with Crippen molar-refractivity contribution in [2.24, 2.45) is 5.92 Å². The normalized spacial score (nSPS) is 24.1. The average molecular weight is 356 g/mol. The van der Waals surface area contributed by atoms with E-state index in [1.165, 1.54) is 11.1 Å². The number of likely N-dealkylation sites (tertiary alicyclic amines) is 1. The molecule has 1 aliphatic carbocycles. The Kier molecular flexibility index (Phi) is 3.63. The summed E-state index contributed by atoms with van der Waals surface area (Å²) in [5, 5.41) is 0. The zero-order valence-corrected chi connectivity index (χ0v) is 13.9. The molecule has 2 nitrogen and oxygen atoms in total. The maximum atomic E-state index is 12.6. The molecule has 2 aromatic rings. The summed E-state index contributed by atoms with van der Waals surface area (Å²) in [6.45, 7) is 2.97. The first kappa shape index (κ1) is 14.2. The Morgan fingerprint density at radius 2 is 1.91 bits per heavy atom. The van der Waals surface area contributed by atoms with Crippen LogP contribution in [0.15, 0.2) is 53.0 Å². The standard InChI is InChI=1S/C19H18BrNO/c20-14-6-7-15-17(10-14)18-12-21(9-8-16(18)19(15)22)11-13-4-2-1-3-5-13/h1-7,10,16,18H,8-9,11-12H2/t16-,18+/m1/s1. The lowest BCUT2D eigenvalue weighted by Crippen LogP contribution is -2.38. The Morgan fingerprint density at radius 3 is 2.73 bits per heavy atom. The Labute approximate surface area is 139 Å². The van der Waals surface area contributed by atoms with Crippen LogP contribution < -0.4 is 0 Å². The molecule has 22 heavy (non-hydrogen) atoms. The van der Waals surface area contributed by atoms with E-state index < -0.39 is 0 Å². The largest absolute Gasteiger partial charge is 0.298 e. The lowest BCUT2D eigenvalue weighted by molar-refractivity contribution is 0.0834. The first-order valence-corrected chi connectivity index (χ1v) is 8.61. The molecule has 1 fully saturated rings. The van der Waals surface area contributed by atoms with Crippen LogP contribution in [0.25, 0.3) is 0 Å². The number of hydrogen-bond acceptors (Lipinski definition) is 2. The van der Waals surface area contributed by atoms with Crippen LogP contribution in [0, 0.1) is 5.92 Å². The average Bonchev–Trinajstić information content (AvgIpc) is 2.81. The predicted molar refractivity (Wildman–Crippen MR) is 91.0 cm³/mol. The minimum atomic E-state index is 0.191. The van der Waals surface area contributed by atoms with E-state index in [1.807, 2.05) is 12.1 Å². The number of piperidine rings is 1. The van der Waals surface area contributed by atoms with E-state index in [2.05, 4.69) is 57.2 Å². The summed E-state index contributed by atoms with van der Waals surface area (Å²) >= 11 is 3.55. The van der Waals surface area contributed by atoms with Gasteiger partial charge in [-0.25, -0.2) is 0 Å². The lowest BCUT2D eigenvalue weighted by atomic mass is 9.85. The van der Waals surface area contributed by atoms with Crippen LogP contribution in [-0.2, 0) is 6.54 Å². The van der Waals surface area contributed by atoms with Crippen molar-refractivity contribution in [3.8, 4) is 0 Å². The molecule has 4 rings (SSSR count). The van der Waals surface area contributed by atoms with Crippen LogP contribution in [0.1, 0.15) is 33.8 Å². The number of nitrogens with zero attached hydrogens (tertiary/aromatic N) is 1. The number of hydrogen-bond donors (Lipinski definition) is 0. The van der Waals surface area contributed by atoms with Crippen molar-refractivity contribution in [2.75, 3.05) is 13.1 Å². The van der Waals surface area contributed by atoms with Gasteiger partial charge < -0.3 is 0 Å². The van der Waals surface area contributed by atoms with Gasteiger partial charge in [0, 0.05) is 35.0 Å². The summed E-state index contributed by atoms with van der Waals surface area (Å²) in [5.41, 5.74) is 3.53. The molecule has 0 N–H and O–H groups in total. The van der Waals surface area contributed by atoms with Crippen LogP contribution in [0.5, 0.6) is 0 Å². The molecule has 1 saturated heterocycles. The third kappa shape index (κ3) is 2.42. The minimum absolute atomic E-state index is 0.191. The van der Waals surface area contributed by atoms with Crippen LogP contribution in [0.2, 0.25) is 0 Å². The fourth-order valence-electron chi connectivity index (χ4n) is 3.90. The highest BCUT2D eigenvalue weighted by atomic mass is 79.9. The molecule has 0 radical (unpaired) electrons. The maximum absolute atomic E-state index is 12.6. The van der Waals surface area contributed by atoms with Crippen molar-refractivity contribution < 1.29 is 4.79 Å². The van der Waals surface area contributed by atoms with Gasteiger partial charge in [0.05, 0.1) is 0 Å². The summed E-state index contributed by atoms with van der Waals surface area (Å²) in [5.74, 6) is 0.903. The van der Waals surface area contributed by atoms with Gasteiger partial charge in [0.15, 0.2) is 5.78 Å². The zero-order chi connectivity index (χ0) is 15.1. The highest BCUT2D eigenvalue weighted by Gasteiger charge is 2.42. The van der Waals surface area contributed by atoms with E-state index >= 15 is 0 Å². The summed E-state index contributed by atoms with van der Waals surface area (Å²) in [7, 11) is 0. The number of fused-ring (bicyclic) bond motifs is 3. The Balaban J connectivity index is 1.58. The van der Waals surface area contributed by atoms with Crippen molar-refractivity contribution in [2.45, 2.75) is 18.9 Å². The Bertz CT molecular complexity index is 713. The molecule has 0 unspecified atom stereocenters. The fraction of sp³-hybridized carbons (Fsp3) is 0.316. The molecule has 0 aromatic heterocycles. The van der Waals surface area contributed by atoms with Crippen LogP contribution >= 0.6 is 15.9 Å². The fourth-order valence-corrected chi connectivity index (χ4v) is 4.28. The molecule has 0 bridgehead atoms. The first-order valence-electron chi connectivity index (χ1n) is 7.82. The van der Waals surface area contributed by atoms with E-state index in [9.17, 15) is 4.79 Å². The number of benzene rings is 2. The van der Waals surface area contributed by atoms with Crippen LogP contribution in [0.4, 0.5) is 0 Å². The van der Waals surface area contributed by atoms with Crippen molar-refractivity contribution in [1.82, 2.24) is 4.90 Å². The molecule has 1 heterocycles. The van der Waals surface area contributed by atoms with E-state index in [1.54, 1.807) is 0 Å². The van der Waals surface area contributed by atoms with Crippen LogP contribution in [0.3, 0.4) is 0 Å². The monoisotopic (exact) mass is 355 g/mol. The SMILES string of the molecule is O=C1c2ccc(Br)cc2[C@H]2CN(Cc3ccccc3)CC[C@@H]12. The second kappa shape index (κ2) is 5.64. The molecule has 1 aliphatic heterocycles. The topological polar surface area (TPSA) is 20.3 Å². The minimum Gasteiger partial charge on any atom is -0.298 e. The Hall–Kier alpha value is -1.45. The van der Waals surface area contributed by atoms with Gasteiger partial charge in [0.25, 0.3) is 0 Å². The molecule has 0 saturated carbocycles. The molecule has 0 spiro atoms. The molecule has 3 heteroatoms.